The Morgan fingerprint density at radius 1 is 0.972 bits per heavy atom. The SMILES string of the molecule is CCCCCOc1cc(N2CCCN(Cc3ccc(C/N=C(/C)OC)cc3OC)C2=O)ccc1OC. The van der Waals surface area contributed by atoms with E-state index >= 15 is 0 Å². The van der Waals surface area contributed by atoms with Crippen LogP contribution in [0.5, 0.6) is 17.2 Å². The maximum absolute atomic E-state index is 13.5. The van der Waals surface area contributed by atoms with Gasteiger partial charge in [0.05, 0.1) is 41.0 Å². The fourth-order valence-corrected chi connectivity index (χ4v) is 4.14. The first kappa shape index (κ1) is 27.2. The van der Waals surface area contributed by atoms with Gasteiger partial charge in [0.1, 0.15) is 5.75 Å². The third-order valence-electron chi connectivity index (χ3n) is 6.27. The van der Waals surface area contributed by atoms with Crippen molar-refractivity contribution < 1.29 is 23.7 Å². The minimum Gasteiger partial charge on any atom is -0.496 e. The van der Waals surface area contributed by atoms with Crippen molar-refractivity contribution in [1.29, 1.82) is 0 Å². The highest BCUT2D eigenvalue weighted by Crippen LogP contribution is 2.34. The minimum atomic E-state index is -0.0326. The number of carbonyl (C=O) groups is 1. The number of urea groups is 1. The van der Waals surface area contributed by atoms with E-state index in [4.69, 9.17) is 18.9 Å². The van der Waals surface area contributed by atoms with Crippen molar-refractivity contribution >= 4 is 17.6 Å². The molecule has 1 aliphatic heterocycles. The number of amides is 2. The molecule has 0 unspecified atom stereocenters. The fraction of sp³-hybridized carbons (Fsp3) is 0.500. The van der Waals surface area contributed by atoms with Crippen molar-refractivity contribution in [3.8, 4) is 17.2 Å². The Labute approximate surface area is 214 Å². The maximum atomic E-state index is 13.5. The Morgan fingerprint density at radius 2 is 1.78 bits per heavy atom. The summed E-state index contributed by atoms with van der Waals surface area (Å²) in [6.45, 7) is 6.93. The number of ether oxygens (including phenoxy) is 4. The van der Waals surface area contributed by atoms with Gasteiger partial charge in [-0.25, -0.2) is 4.79 Å². The van der Waals surface area contributed by atoms with Crippen molar-refractivity contribution in [1.82, 2.24) is 4.90 Å². The van der Waals surface area contributed by atoms with Crippen molar-refractivity contribution in [3.63, 3.8) is 0 Å². The highest BCUT2D eigenvalue weighted by molar-refractivity contribution is 5.93. The third-order valence-corrected chi connectivity index (χ3v) is 6.27. The lowest BCUT2D eigenvalue weighted by molar-refractivity contribution is 0.191. The van der Waals surface area contributed by atoms with E-state index in [1.807, 2.05) is 53.1 Å². The van der Waals surface area contributed by atoms with Crippen LogP contribution in [0.2, 0.25) is 0 Å². The van der Waals surface area contributed by atoms with Crippen LogP contribution >= 0.6 is 0 Å². The van der Waals surface area contributed by atoms with Crippen LogP contribution in [0.4, 0.5) is 10.5 Å². The lowest BCUT2D eigenvalue weighted by atomic mass is 10.1. The second-order valence-corrected chi connectivity index (χ2v) is 8.79. The number of aliphatic imine (C=N–C) groups is 1. The number of methoxy groups -OCH3 is 3. The second kappa shape index (κ2) is 13.6. The average molecular weight is 498 g/mol. The van der Waals surface area contributed by atoms with E-state index in [0.29, 0.717) is 50.2 Å². The molecule has 8 heteroatoms. The first-order valence-corrected chi connectivity index (χ1v) is 12.6. The summed E-state index contributed by atoms with van der Waals surface area (Å²) in [7, 11) is 4.89. The van der Waals surface area contributed by atoms with Crippen molar-refractivity contribution in [3.05, 3.63) is 47.5 Å². The van der Waals surface area contributed by atoms with Crippen LogP contribution in [-0.2, 0) is 17.8 Å². The molecule has 0 atom stereocenters. The molecule has 2 amide bonds. The largest absolute Gasteiger partial charge is 0.496 e. The summed E-state index contributed by atoms with van der Waals surface area (Å²) in [5.41, 5.74) is 2.78. The molecule has 0 bridgehead atoms. The first-order valence-electron chi connectivity index (χ1n) is 12.6. The van der Waals surface area contributed by atoms with Gasteiger partial charge < -0.3 is 23.8 Å². The smallest absolute Gasteiger partial charge is 0.324 e. The van der Waals surface area contributed by atoms with Crippen molar-refractivity contribution in [2.45, 2.75) is 52.6 Å². The van der Waals surface area contributed by atoms with Crippen LogP contribution in [0.1, 0.15) is 50.7 Å². The molecule has 36 heavy (non-hydrogen) atoms. The molecule has 8 nitrogen and oxygen atoms in total. The summed E-state index contributed by atoms with van der Waals surface area (Å²) in [4.78, 5) is 21.5. The molecule has 1 saturated heterocycles. The Morgan fingerprint density at radius 3 is 2.50 bits per heavy atom. The van der Waals surface area contributed by atoms with E-state index in [-0.39, 0.29) is 6.03 Å². The Hall–Kier alpha value is -3.42. The Kier molecular flexibility index (Phi) is 10.3. The van der Waals surface area contributed by atoms with Gasteiger partial charge >= 0.3 is 6.03 Å². The second-order valence-electron chi connectivity index (χ2n) is 8.79. The number of hydrogen-bond donors (Lipinski definition) is 0. The van der Waals surface area contributed by atoms with Crippen LogP contribution in [0, 0.1) is 0 Å². The van der Waals surface area contributed by atoms with E-state index in [0.717, 1.165) is 48.2 Å². The molecule has 1 heterocycles. The Balaban J connectivity index is 1.74. The average Bonchev–Trinajstić information content (AvgIpc) is 2.91. The molecule has 0 saturated carbocycles. The number of hydrogen-bond acceptors (Lipinski definition) is 6. The van der Waals surface area contributed by atoms with E-state index in [2.05, 4.69) is 11.9 Å². The first-order chi connectivity index (χ1) is 17.5. The zero-order valence-electron chi connectivity index (χ0n) is 22.2. The van der Waals surface area contributed by atoms with E-state index in [1.165, 1.54) is 0 Å². The van der Waals surface area contributed by atoms with Crippen molar-refractivity contribution in [2.75, 3.05) is 45.9 Å². The van der Waals surface area contributed by atoms with E-state index in [1.54, 1.807) is 21.3 Å². The van der Waals surface area contributed by atoms with Gasteiger partial charge in [0.25, 0.3) is 0 Å². The summed E-state index contributed by atoms with van der Waals surface area (Å²) in [5, 5.41) is 0. The monoisotopic (exact) mass is 497 g/mol. The summed E-state index contributed by atoms with van der Waals surface area (Å²) < 4.78 is 22.2. The number of benzene rings is 2. The topological polar surface area (TPSA) is 72.8 Å². The molecule has 1 aliphatic rings. The predicted molar refractivity (Wildman–Crippen MR) is 143 cm³/mol. The number of nitrogens with zero attached hydrogens (tertiary/aromatic N) is 3. The molecule has 196 valence electrons. The molecule has 2 aromatic carbocycles. The van der Waals surface area contributed by atoms with Crippen LogP contribution in [-0.4, -0.2) is 57.9 Å². The molecule has 2 aromatic rings. The molecule has 0 radical (unpaired) electrons. The van der Waals surface area contributed by atoms with Crippen LogP contribution in [0.3, 0.4) is 0 Å². The molecule has 1 fully saturated rings. The molecule has 0 aromatic heterocycles. The maximum Gasteiger partial charge on any atom is 0.324 e. The van der Waals surface area contributed by atoms with Crippen molar-refractivity contribution in [2.24, 2.45) is 4.99 Å². The molecule has 3 rings (SSSR count). The van der Waals surface area contributed by atoms with Gasteiger partial charge in [0.2, 0.25) is 0 Å². The van der Waals surface area contributed by atoms with Gasteiger partial charge in [-0.3, -0.25) is 9.89 Å². The fourth-order valence-electron chi connectivity index (χ4n) is 4.14. The standard InChI is InChI=1S/C28H39N3O5/c1-6-7-8-16-36-27-18-24(12-13-25(27)34-4)31-15-9-14-30(28(31)32)20-23-11-10-22(17-26(23)35-5)19-29-21(2)33-3/h10-13,17-18H,6-9,14-16,19-20H2,1-5H3/b29-21-. The van der Waals surface area contributed by atoms with E-state index in [9.17, 15) is 4.79 Å². The highest BCUT2D eigenvalue weighted by Gasteiger charge is 2.28. The lowest BCUT2D eigenvalue weighted by Gasteiger charge is -2.36. The number of carbonyl (C=O) groups excluding carboxylic acids is 1. The number of unbranched alkanes of at least 4 members (excludes halogenated alkanes) is 2. The minimum absolute atomic E-state index is 0.0326. The summed E-state index contributed by atoms with van der Waals surface area (Å²) >= 11 is 0. The molecule has 0 N–H and O–H groups in total. The lowest BCUT2D eigenvalue weighted by Crippen LogP contribution is -2.49. The highest BCUT2D eigenvalue weighted by atomic mass is 16.5. The van der Waals surface area contributed by atoms with Gasteiger partial charge in [-0.2, -0.15) is 0 Å². The molecular formula is C28H39N3O5. The normalized spacial score (nSPS) is 14.1. The number of anilines is 1. The van der Waals surface area contributed by atoms with Crippen LogP contribution < -0.4 is 19.1 Å². The Bertz CT molecular complexity index is 1040. The molecule has 0 aliphatic carbocycles. The summed E-state index contributed by atoms with van der Waals surface area (Å²) in [6.07, 6.45) is 4.11. The predicted octanol–water partition coefficient (Wildman–Crippen LogP) is 5.67. The van der Waals surface area contributed by atoms with Gasteiger partial charge in [0.15, 0.2) is 17.4 Å². The summed E-state index contributed by atoms with van der Waals surface area (Å²) in [6, 6.07) is 11.7. The quantitative estimate of drug-likeness (QED) is 0.215. The number of rotatable bonds is 12. The van der Waals surface area contributed by atoms with Crippen LogP contribution in [0.25, 0.3) is 0 Å². The third kappa shape index (κ3) is 7.06. The van der Waals surface area contributed by atoms with Gasteiger partial charge in [0, 0.05) is 37.3 Å². The molecular weight excluding hydrogens is 458 g/mol. The van der Waals surface area contributed by atoms with Crippen LogP contribution in [0.15, 0.2) is 41.4 Å². The van der Waals surface area contributed by atoms with Gasteiger partial charge in [-0.05, 0) is 36.6 Å². The summed E-state index contributed by atoms with van der Waals surface area (Å²) in [5.74, 6) is 2.71. The van der Waals surface area contributed by atoms with E-state index < -0.39 is 0 Å². The van der Waals surface area contributed by atoms with Gasteiger partial charge in [-0.15, -0.1) is 0 Å². The zero-order valence-corrected chi connectivity index (χ0v) is 22.2. The zero-order chi connectivity index (χ0) is 25.9. The van der Waals surface area contributed by atoms with Gasteiger partial charge in [-0.1, -0.05) is 31.9 Å². The molecule has 0 spiro atoms.